The fourth-order valence-electron chi connectivity index (χ4n) is 0.963. The van der Waals surface area contributed by atoms with Crippen LogP contribution in [0.5, 0.6) is 0 Å². The standard InChI is InChI=1S/C7H13N3O2/c1-10-3-2-9-7(10)6(12)5(11)4-8/h2-3,5-6,11-12H,4,8H2,1H3. The van der Waals surface area contributed by atoms with Crippen LogP contribution in [0.4, 0.5) is 0 Å². The summed E-state index contributed by atoms with van der Waals surface area (Å²) in [5, 5.41) is 18.6. The van der Waals surface area contributed by atoms with Crippen LogP contribution in [0.25, 0.3) is 0 Å². The largest absolute Gasteiger partial charge is 0.389 e. The van der Waals surface area contributed by atoms with E-state index in [0.29, 0.717) is 5.82 Å². The van der Waals surface area contributed by atoms with Gasteiger partial charge in [0.15, 0.2) is 0 Å². The third-order valence-electron chi connectivity index (χ3n) is 1.73. The average Bonchev–Trinajstić information content (AvgIpc) is 2.48. The van der Waals surface area contributed by atoms with E-state index in [4.69, 9.17) is 5.73 Å². The first kappa shape index (κ1) is 9.18. The maximum atomic E-state index is 9.45. The quantitative estimate of drug-likeness (QED) is 0.532. The molecule has 4 N–H and O–H groups in total. The first-order valence-electron chi connectivity index (χ1n) is 3.70. The predicted molar refractivity (Wildman–Crippen MR) is 43.2 cm³/mol. The molecule has 0 fully saturated rings. The minimum atomic E-state index is -1.00. The first-order valence-corrected chi connectivity index (χ1v) is 3.70. The molecule has 0 saturated heterocycles. The van der Waals surface area contributed by atoms with Gasteiger partial charge in [0, 0.05) is 26.0 Å². The van der Waals surface area contributed by atoms with Gasteiger partial charge in [-0.15, -0.1) is 0 Å². The van der Waals surface area contributed by atoms with Crippen molar-refractivity contribution in [1.82, 2.24) is 9.55 Å². The van der Waals surface area contributed by atoms with Crippen LogP contribution in [0.1, 0.15) is 11.9 Å². The van der Waals surface area contributed by atoms with Crippen molar-refractivity contribution >= 4 is 0 Å². The molecule has 0 bridgehead atoms. The fourth-order valence-corrected chi connectivity index (χ4v) is 0.963. The molecule has 0 amide bonds. The maximum absolute atomic E-state index is 9.45. The van der Waals surface area contributed by atoms with Gasteiger partial charge in [-0.2, -0.15) is 0 Å². The molecule has 1 rings (SSSR count). The fraction of sp³-hybridized carbons (Fsp3) is 0.571. The molecule has 0 aromatic carbocycles. The number of nitrogens with two attached hydrogens (primary N) is 1. The highest BCUT2D eigenvalue weighted by Gasteiger charge is 2.19. The molecule has 68 valence electrons. The Bertz CT molecular complexity index is 249. The van der Waals surface area contributed by atoms with Crippen molar-refractivity contribution in [3.8, 4) is 0 Å². The summed E-state index contributed by atoms with van der Waals surface area (Å²) in [5.74, 6) is 0.424. The molecular weight excluding hydrogens is 158 g/mol. The van der Waals surface area contributed by atoms with E-state index < -0.39 is 12.2 Å². The van der Waals surface area contributed by atoms with Gasteiger partial charge in [-0.3, -0.25) is 0 Å². The highest BCUT2D eigenvalue weighted by molar-refractivity contribution is 4.97. The average molecular weight is 171 g/mol. The SMILES string of the molecule is Cn1ccnc1C(O)C(O)CN. The molecule has 0 radical (unpaired) electrons. The molecule has 1 aromatic rings. The smallest absolute Gasteiger partial charge is 0.140 e. The van der Waals surface area contributed by atoms with E-state index in [1.165, 1.54) is 0 Å². The molecule has 2 atom stereocenters. The third-order valence-corrected chi connectivity index (χ3v) is 1.73. The van der Waals surface area contributed by atoms with E-state index in [0.717, 1.165) is 0 Å². The molecule has 0 spiro atoms. The zero-order chi connectivity index (χ0) is 9.14. The zero-order valence-corrected chi connectivity index (χ0v) is 6.88. The van der Waals surface area contributed by atoms with Crippen LogP contribution in [0.15, 0.2) is 12.4 Å². The zero-order valence-electron chi connectivity index (χ0n) is 6.88. The molecule has 2 unspecified atom stereocenters. The molecule has 0 aliphatic carbocycles. The lowest BCUT2D eigenvalue weighted by atomic mass is 10.2. The number of aliphatic hydroxyl groups is 2. The van der Waals surface area contributed by atoms with E-state index in [1.807, 2.05) is 0 Å². The summed E-state index contributed by atoms with van der Waals surface area (Å²) in [7, 11) is 1.74. The summed E-state index contributed by atoms with van der Waals surface area (Å²) in [5.41, 5.74) is 5.18. The molecule has 0 aliphatic heterocycles. The Morgan fingerprint density at radius 1 is 1.67 bits per heavy atom. The number of hydrogen-bond donors (Lipinski definition) is 3. The van der Waals surface area contributed by atoms with Gasteiger partial charge in [0.1, 0.15) is 11.9 Å². The molecular formula is C7H13N3O2. The van der Waals surface area contributed by atoms with Gasteiger partial charge in [0.2, 0.25) is 0 Å². The number of rotatable bonds is 3. The van der Waals surface area contributed by atoms with Gasteiger partial charge in [-0.05, 0) is 0 Å². The van der Waals surface area contributed by atoms with Gasteiger partial charge in [0.25, 0.3) is 0 Å². The van der Waals surface area contributed by atoms with E-state index >= 15 is 0 Å². The Balaban J connectivity index is 2.77. The monoisotopic (exact) mass is 171 g/mol. The van der Waals surface area contributed by atoms with Crippen molar-refractivity contribution < 1.29 is 10.2 Å². The highest BCUT2D eigenvalue weighted by Crippen LogP contribution is 2.12. The maximum Gasteiger partial charge on any atom is 0.140 e. The summed E-state index contributed by atoms with van der Waals surface area (Å²) in [4.78, 5) is 3.88. The second kappa shape index (κ2) is 3.66. The van der Waals surface area contributed by atoms with Crippen molar-refractivity contribution in [2.75, 3.05) is 6.54 Å². The predicted octanol–water partition coefficient (Wildman–Crippen LogP) is -1.23. The van der Waals surface area contributed by atoms with Gasteiger partial charge >= 0.3 is 0 Å². The lowest BCUT2D eigenvalue weighted by Crippen LogP contribution is -2.28. The van der Waals surface area contributed by atoms with Gasteiger partial charge in [-0.1, -0.05) is 0 Å². The van der Waals surface area contributed by atoms with Crippen LogP contribution >= 0.6 is 0 Å². The normalized spacial score (nSPS) is 16.0. The topological polar surface area (TPSA) is 84.3 Å². The van der Waals surface area contributed by atoms with Crippen LogP contribution in [-0.2, 0) is 7.05 Å². The number of aryl methyl sites for hydroxylation is 1. The molecule has 5 heteroatoms. The van der Waals surface area contributed by atoms with Crippen molar-refractivity contribution in [3.63, 3.8) is 0 Å². The summed E-state index contributed by atoms with van der Waals surface area (Å²) < 4.78 is 1.64. The van der Waals surface area contributed by atoms with Crippen molar-refractivity contribution in [2.45, 2.75) is 12.2 Å². The van der Waals surface area contributed by atoms with Crippen LogP contribution in [0.3, 0.4) is 0 Å². The molecule has 1 aromatic heterocycles. The van der Waals surface area contributed by atoms with Crippen LogP contribution in [0.2, 0.25) is 0 Å². The van der Waals surface area contributed by atoms with Gasteiger partial charge in [-0.25, -0.2) is 4.98 Å². The van der Waals surface area contributed by atoms with Crippen molar-refractivity contribution in [1.29, 1.82) is 0 Å². The van der Waals surface area contributed by atoms with Crippen LogP contribution in [0, 0.1) is 0 Å². The summed E-state index contributed by atoms with van der Waals surface area (Å²) in [6, 6.07) is 0. The second-order valence-electron chi connectivity index (χ2n) is 2.64. The summed E-state index contributed by atoms with van der Waals surface area (Å²) >= 11 is 0. The molecule has 0 saturated carbocycles. The van der Waals surface area contributed by atoms with E-state index in [9.17, 15) is 10.2 Å². The van der Waals surface area contributed by atoms with E-state index in [1.54, 1.807) is 24.0 Å². The Morgan fingerprint density at radius 3 is 2.75 bits per heavy atom. The number of aromatic nitrogens is 2. The molecule has 1 heterocycles. The van der Waals surface area contributed by atoms with Gasteiger partial charge in [0.05, 0.1) is 6.10 Å². The second-order valence-corrected chi connectivity index (χ2v) is 2.64. The minimum Gasteiger partial charge on any atom is -0.389 e. The number of aliphatic hydroxyl groups excluding tert-OH is 2. The minimum absolute atomic E-state index is 0.0219. The molecule has 5 nitrogen and oxygen atoms in total. The van der Waals surface area contributed by atoms with Gasteiger partial charge < -0.3 is 20.5 Å². The third kappa shape index (κ3) is 1.63. The van der Waals surface area contributed by atoms with Crippen molar-refractivity contribution in [3.05, 3.63) is 18.2 Å². The lowest BCUT2D eigenvalue weighted by Gasteiger charge is -2.15. The lowest BCUT2D eigenvalue weighted by molar-refractivity contribution is 0.0173. The first-order chi connectivity index (χ1) is 5.66. The number of nitrogens with zero attached hydrogens (tertiary/aromatic N) is 2. The van der Waals surface area contributed by atoms with E-state index in [-0.39, 0.29) is 6.54 Å². The van der Waals surface area contributed by atoms with E-state index in [2.05, 4.69) is 4.98 Å². The van der Waals surface area contributed by atoms with Crippen molar-refractivity contribution in [2.24, 2.45) is 12.8 Å². The Morgan fingerprint density at radius 2 is 2.33 bits per heavy atom. The molecule has 12 heavy (non-hydrogen) atoms. The highest BCUT2D eigenvalue weighted by atomic mass is 16.3. The number of imidazole rings is 1. The Kier molecular flexibility index (Phi) is 2.80. The summed E-state index contributed by atoms with van der Waals surface area (Å²) in [6.45, 7) is 0.0219. The van der Waals surface area contributed by atoms with Crippen LogP contribution in [-0.4, -0.2) is 32.4 Å². The summed E-state index contributed by atoms with van der Waals surface area (Å²) in [6.07, 6.45) is 1.30. The number of hydrogen-bond acceptors (Lipinski definition) is 4. The van der Waals surface area contributed by atoms with Crippen LogP contribution < -0.4 is 5.73 Å². The Hall–Kier alpha value is -0.910. The molecule has 0 aliphatic rings. The Labute approximate surface area is 70.5 Å².